The van der Waals surface area contributed by atoms with Crippen LogP contribution in [0.2, 0.25) is 0 Å². The quantitative estimate of drug-likeness (QED) is 0.765. The van der Waals surface area contributed by atoms with Gasteiger partial charge in [0.25, 0.3) is 0 Å². The zero-order chi connectivity index (χ0) is 11.1. The van der Waals surface area contributed by atoms with Crippen molar-refractivity contribution in [2.24, 2.45) is 11.7 Å². The van der Waals surface area contributed by atoms with Gasteiger partial charge in [-0.2, -0.15) is 0 Å². The minimum atomic E-state index is 0.616. The molecule has 15 heavy (non-hydrogen) atoms. The third-order valence-electron chi connectivity index (χ3n) is 2.09. The summed E-state index contributed by atoms with van der Waals surface area (Å²) in [6, 6.07) is 0. The predicted octanol–water partition coefficient (Wildman–Crippen LogP) is 1.29. The zero-order valence-corrected chi connectivity index (χ0v) is 9.56. The molecule has 0 aromatic carbocycles. The van der Waals surface area contributed by atoms with Gasteiger partial charge in [-0.3, -0.25) is 4.98 Å². The molecular formula is C11H20N4. The number of anilines is 1. The lowest BCUT2D eigenvalue weighted by molar-refractivity contribution is 0.595. The van der Waals surface area contributed by atoms with Crippen LogP contribution < -0.4 is 10.6 Å². The molecule has 0 saturated carbocycles. The highest BCUT2D eigenvalue weighted by Crippen LogP contribution is 2.10. The Morgan fingerprint density at radius 3 is 2.73 bits per heavy atom. The Balaban J connectivity index is 2.63. The van der Waals surface area contributed by atoms with Crippen molar-refractivity contribution in [3.05, 3.63) is 18.6 Å². The molecule has 1 heterocycles. The first-order valence-electron chi connectivity index (χ1n) is 5.45. The molecule has 0 aliphatic heterocycles. The maximum atomic E-state index is 5.52. The molecule has 0 aliphatic carbocycles. The Hall–Kier alpha value is -1.16. The lowest BCUT2D eigenvalue weighted by atomic mass is 10.2. The Labute approximate surface area is 91.5 Å². The Kier molecular flexibility index (Phi) is 5.04. The van der Waals surface area contributed by atoms with Crippen molar-refractivity contribution in [2.45, 2.75) is 20.3 Å². The second-order valence-corrected chi connectivity index (χ2v) is 4.05. The first kappa shape index (κ1) is 11.9. The SMILES string of the molecule is CC(C)CN(CCCN)c1cnccn1. The fourth-order valence-electron chi connectivity index (χ4n) is 1.48. The molecular weight excluding hydrogens is 188 g/mol. The van der Waals surface area contributed by atoms with Gasteiger partial charge in [-0.25, -0.2) is 4.98 Å². The molecule has 0 aliphatic rings. The van der Waals surface area contributed by atoms with Crippen molar-refractivity contribution >= 4 is 5.82 Å². The molecule has 0 unspecified atom stereocenters. The van der Waals surface area contributed by atoms with Gasteiger partial charge in [0.15, 0.2) is 0 Å². The summed E-state index contributed by atoms with van der Waals surface area (Å²) in [6.45, 7) is 7.07. The van der Waals surface area contributed by atoms with E-state index < -0.39 is 0 Å². The van der Waals surface area contributed by atoms with Gasteiger partial charge in [0.1, 0.15) is 5.82 Å². The highest BCUT2D eigenvalue weighted by molar-refractivity contribution is 5.34. The van der Waals surface area contributed by atoms with Crippen LogP contribution in [0.4, 0.5) is 5.82 Å². The lowest BCUT2D eigenvalue weighted by Crippen LogP contribution is -2.30. The van der Waals surface area contributed by atoms with Gasteiger partial charge in [-0.1, -0.05) is 13.8 Å². The highest BCUT2D eigenvalue weighted by Gasteiger charge is 2.08. The van der Waals surface area contributed by atoms with Crippen LogP contribution in [0, 0.1) is 5.92 Å². The predicted molar refractivity (Wildman–Crippen MR) is 62.8 cm³/mol. The minimum absolute atomic E-state index is 0.616. The molecule has 4 nitrogen and oxygen atoms in total. The van der Waals surface area contributed by atoms with Crippen LogP contribution in [0.3, 0.4) is 0 Å². The molecule has 0 bridgehead atoms. The Morgan fingerprint density at radius 2 is 2.20 bits per heavy atom. The number of hydrogen-bond donors (Lipinski definition) is 1. The smallest absolute Gasteiger partial charge is 0.147 e. The van der Waals surface area contributed by atoms with Crippen LogP contribution >= 0.6 is 0 Å². The largest absolute Gasteiger partial charge is 0.355 e. The molecule has 0 spiro atoms. The van der Waals surface area contributed by atoms with Gasteiger partial charge < -0.3 is 10.6 Å². The van der Waals surface area contributed by atoms with E-state index in [1.54, 1.807) is 18.6 Å². The average molecular weight is 208 g/mol. The standard InChI is InChI=1S/C11H20N4/c1-10(2)9-15(7-3-4-12)11-8-13-5-6-14-11/h5-6,8,10H,3-4,7,9,12H2,1-2H3. The summed E-state index contributed by atoms with van der Waals surface area (Å²) in [6.07, 6.45) is 6.22. The molecule has 1 rings (SSSR count). The molecule has 0 amide bonds. The first-order chi connectivity index (χ1) is 7.24. The van der Waals surface area contributed by atoms with Crippen LogP contribution in [-0.2, 0) is 0 Å². The molecule has 2 N–H and O–H groups in total. The summed E-state index contributed by atoms with van der Waals surface area (Å²) in [7, 11) is 0. The summed E-state index contributed by atoms with van der Waals surface area (Å²) >= 11 is 0. The third-order valence-corrected chi connectivity index (χ3v) is 2.09. The maximum absolute atomic E-state index is 5.52. The van der Waals surface area contributed by atoms with Crippen molar-refractivity contribution in [1.29, 1.82) is 0 Å². The van der Waals surface area contributed by atoms with Crippen LogP contribution in [0.5, 0.6) is 0 Å². The molecule has 0 atom stereocenters. The molecule has 0 fully saturated rings. The van der Waals surface area contributed by atoms with Crippen molar-refractivity contribution in [2.75, 3.05) is 24.5 Å². The van der Waals surface area contributed by atoms with E-state index in [1.807, 2.05) is 0 Å². The van der Waals surface area contributed by atoms with E-state index in [0.29, 0.717) is 5.92 Å². The topological polar surface area (TPSA) is 55.0 Å². The van der Waals surface area contributed by atoms with Gasteiger partial charge in [0, 0.05) is 25.5 Å². The van der Waals surface area contributed by atoms with Crippen molar-refractivity contribution in [1.82, 2.24) is 9.97 Å². The highest BCUT2D eigenvalue weighted by atomic mass is 15.2. The Morgan fingerprint density at radius 1 is 1.40 bits per heavy atom. The average Bonchev–Trinajstić information content (AvgIpc) is 2.25. The fraction of sp³-hybridized carbons (Fsp3) is 0.636. The van der Waals surface area contributed by atoms with Gasteiger partial charge in [0.05, 0.1) is 6.20 Å². The fourth-order valence-corrected chi connectivity index (χ4v) is 1.48. The second kappa shape index (κ2) is 6.35. The van der Waals surface area contributed by atoms with Gasteiger partial charge in [0.2, 0.25) is 0 Å². The van der Waals surface area contributed by atoms with Crippen LogP contribution in [0.15, 0.2) is 18.6 Å². The minimum Gasteiger partial charge on any atom is -0.355 e. The molecule has 0 radical (unpaired) electrons. The van der Waals surface area contributed by atoms with E-state index in [-0.39, 0.29) is 0 Å². The summed E-state index contributed by atoms with van der Waals surface area (Å²) in [4.78, 5) is 10.6. The zero-order valence-electron chi connectivity index (χ0n) is 9.56. The first-order valence-corrected chi connectivity index (χ1v) is 5.45. The van der Waals surface area contributed by atoms with Crippen molar-refractivity contribution in [3.63, 3.8) is 0 Å². The van der Waals surface area contributed by atoms with Crippen molar-refractivity contribution in [3.8, 4) is 0 Å². The van der Waals surface area contributed by atoms with Gasteiger partial charge >= 0.3 is 0 Å². The normalized spacial score (nSPS) is 10.7. The van der Waals surface area contributed by atoms with Crippen LogP contribution in [0.1, 0.15) is 20.3 Å². The number of aromatic nitrogens is 2. The van der Waals surface area contributed by atoms with Crippen LogP contribution in [-0.4, -0.2) is 29.6 Å². The van der Waals surface area contributed by atoms with E-state index in [1.165, 1.54) is 0 Å². The Bertz CT molecular complexity index is 261. The summed E-state index contributed by atoms with van der Waals surface area (Å²) in [5.74, 6) is 1.56. The van der Waals surface area contributed by atoms with Gasteiger partial charge in [-0.15, -0.1) is 0 Å². The second-order valence-electron chi connectivity index (χ2n) is 4.05. The number of nitrogens with zero attached hydrogens (tertiary/aromatic N) is 3. The number of hydrogen-bond acceptors (Lipinski definition) is 4. The lowest BCUT2D eigenvalue weighted by Gasteiger charge is -2.24. The van der Waals surface area contributed by atoms with Crippen molar-refractivity contribution < 1.29 is 0 Å². The summed E-state index contributed by atoms with van der Waals surface area (Å²) in [5, 5.41) is 0. The monoisotopic (exact) mass is 208 g/mol. The van der Waals surface area contributed by atoms with Crippen LogP contribution in [0.25, 0.3) is 0 Å². The molecule has 0 saturated heterocycles. The molecule has 1 aromatic heterocycles. The third kappa shape index (κ3) is 4.25. The maximum Gasteiger partial charge on any atom is 0.147 e. The van der Waals surface area contributed by atoms with E-state index in [9.17, 15) is 0 Å². The molecule has 84 valence electrons. The molecule has 4 heteroatoms. The van der Waals surface area contributed by atoms with E-state index in [2.05, 4.69) is 28.7 Å². The number of rotatable bonds is 6. The number of nitrogens with two attached hydrogens (primary N) is 1. The molecule has 1 aromatic rings. The summed E-state index contributed by atoms with van der Waals surface area (Å²) in [5.41, 5.74) is 5.52. The summed E-state index contributed by atoms with van der Waals surface area (Å²) < 4.78 is 0. The van der Waals surface area contributed by atoms with E-state index in [4.69, 9.17) is 5.73 Å². The van der Waals surface area contributed by atoms with E-state index in [0.717, 1.165) is 31.9 Å². The van der Waals surface area contributed by atoms with Gasteiger partial charge in [-0.05, 0) is 18.9 Å². The van der Waals surface area contributed by atoms with E-state index >= 15 is 0 Å².